The zero-order valence-electron chi connectivity index (χ0n) is 9.97. The maximum Gasteiger partial charge on any atom is 0.0312 e. The van der Waals surface area contributed by atoms with Crippen molar-refractivity contribution in [3.8, 4) is 0 Å². The smallest absolute Gasteiger partial charge is 0.0312 e. The van der Waals surface area contributed by atoms with Gasteiger partial charge in [-0.05, 0) is 30.5 Å². The summed E-state index contributed by atoms with van der Waals surface area (Å²) in [4.78, 5) is 6.65. The van der Waals surface area contributed by atoms with Gasteiger partial charge >= 0.3 is 0 Å². The lowest BCUT2D eigenvalue weighted by molar-refractivity contribution is 0.145. The third kappa shape index (κ3) is 2.80. The van der Waals surface area contributed by atoms with Crippen LogP contribution in [0.1, 0.15) is 25.3 Å². The number of piperidine rings is 1. The summed E-state index contributed by atoms with van der Waals surface area (Å²) in [7, 11) is 0. The van der Waals surface area contributed by atoms with Crippen LogP contribution in [0.3, 0.4) is 0 Å². The topological polar surface area (TPSA) is 42.2 Å². The van der Waals surface area contributed by atoms with Crippen molar-refractivity contribution < 1.29 is 0 Å². The lowest BCUT2D eigenvalue weighted by atomic mass is 9.90. The van der Waals surface area contributed by atoms with E-state index in [0.29, 0.717) is 12.0 Å². The number of nitrogens with zero attached hydrogens (tertiary/aromatic N) is 2. The van der Waals surface area contributed by atoms with Crippen LogP contribution >= 0.6 is 0 Å². The van der Waals surface area contributed by atoms with Crippen molar-refractivity contribution >= 4 is 0 Å². The Hall–Kier alpha value is -0.930. The van der Waals surface area contributed by atoms with Crippen LogP contribution in [0.2, 0.25) is 0 Å². The minimum atomic E-state index is 0.398. The highest BCUT2D eigenvalue weighted by Crippen LogP contribution is 2.19. The molecule has 16 heavy (non-hydrogen) atoms. The van der Waals surface area contributed by atoms with Gasteiger partial charge in [0.1, 0.15) is 0 Å². The first kappa shape index (κ1) is 11.6. The molecule has 1 aromatic rings. The molecule has 0 spiro atoms. The first-order chi connectivity index (χ1) is 7.79. The van der Waals surface area contributed by atoms with Crippen molar-refractivity contribution in [3.05, 3.63) is 30.1 Å². The molecule has 0 saturated carbocycles. The van der Waals surface area contributed by atoms with E-state index in [-0.39, 0.29) is 0 Å². The van der Waals surface area contributed by atoms with E-state index in [4.69, 9.17) is 5.73 Å². The first-order valence-electron chi connectivity index (χ1n) is 6.16. The normalized spacial score (nSPS) is 26.9. The van der Waals surface area contributed by atoms with Crippen molar-refractivity contribution in [1.82, 2.24) is 9.88 Å². The van der Waals surface area contributed by atoms with Crippen LogP contribution in [0.15, 0.2) is 24.5 Å². The molecule has 0 amide bonds. The maximum absolute atomic E-state index is 6.11. The first-order valence-corrected chi connectivity index (χ1v) is 6.16. The number of rotatable bonds is 3. The van der Waals surface area contributed by atoms with Crippen molar-refractivity contribution in [2.75, 3.05) is 13.1 Å². The second kappa shape index (κ2) is 5.41. The molecule has 0 aromatic carbocycles. The molecule has 2 heterocycles. The summed E-state index contributed by atoms with van der Waals surface area (Å²) in [6.07, 6.45) is 6.09. The largest absolute Gasteiger partial charge is 0.327 e. The van der Waals surface area contributed by atoms with Crippen LogP contribution in [-0.4, -0.2) is 29.0 Å². The fourth-order valence-electron chi connectivity index (χ4n) is 2.45. The average molecular weight is 219 g/mol. The molecule has 2 rings (SSSR count). The molecule has 1 fully saturated rings. The SMILES string of the molecule is CCC1CN(Cc2cccnc2)CCC1N. The number of nitrogens with two attached hydrogens (primary N) is 1. The van der Waals surface area contributed by atoms with Gasteiger partial charge in [-0.1, -0.05) is 19.4 Å². The van der Waals surface area contributed by atoms with Gasteiger partial charge < -0.3 is 5.73 Å². The molecule has 88 valence electrons. The van der Waals surface area contributed by atoms with Crippen LogP contribution in [0.4, 0.5) is 0 Å². The molecule has 0 radical (unpaired) electrons. The quantitative estimate of drug-likeness (QED) is 0.840. The Balaban J connectivity index is 1.92. The van der Waals surface area contributed by atoms with Gasteiger partial charge in [-0.3, -0.25) is 9.88 Å². The van der Waals surface area contributed by atoms with E-state index >= 15 is 0 Å². The summed E-state index contributed by atoms with van der Waals surface area (Å²) in [6.45, 7) is 5.49. The highest BCUT2D eigenvalue weighted by Gasteiger charge is 2.24. The fourth-order valence-corrected chi connectivity index (χ4v) is 2.45. The van der Waals surface area contributed by atoms with E-state index in [9.17, 15) is 0 Å². The third-order valence-corrected chi connectivity index (χ3v) is 3.53. The minimum Gasteiger partial charge on any atom is -0.327 e. The maximum atomic E-state index is 6.11. The predicted molar refractivity (Wildman–Crippen MR) is 65.9 cm³/mol. The van der Waals surface area contributed by atoms with Gasteiger partial charge in [0.05, 0.1) is 0 Å². The molecule has 2 atom stereocenters. The van der Waals surface area contributed by atoms with Crippen molar-refractivity contribution in [1.29, 1.82) is 0 Å². The van der Waals surface area contributed by atoms with Gasteiger partial charge in [0.25, 0.3) is 0 Å². The average Bonchev–Trinajstić information content (AvgIpc) is 2.33. The van der Waals surface area contributed by atoms with Crippen LogP contribution in [0.5, 0.6) is 0 Å². The monoisotopic (exact) mass is 219 g/mol. The fraction of sp³-hybridized carbons (Fsp3) is 0.615. The molecule has 0 aliphatic carbocycles. The van der Waals surface area contributed by atoms with Crippen LogP contribution in [0.25, 0.3) is 0 Å². The molecular weight excluding hydrogens is 198 g/mol. The van der Waals surface area contributed by atoms with Gasteiger partial charge in [-0.25, -0.2) is 0 Å². The summed E-state index contributed by atoms with van der Waals surface area (Å²) in [5, 5.41) is 0. The number of pyridine rings is 1. The van der Waals surface area contributed by atoms with Crippen LogP contribution < -0.4 is 5.73 Å². The standard InChI is InChI=1S/C13H21N3/c1-2-12-10-16(7-5-13(12)14)9-11-4-3-6-15-8-11/h3-4,6,8,12-13H,2,5,7,9-10,14H2,1H3. The minimum absolute atomic E-state index is 0.398. The molecule has 0 bridgehead atoms. The Morgan fingerprint density at radius 3 is 3.12 bits per heavy atom. The van der Waals surface area contributed by atoms with Gasteiger partial charge in [-0.15, -0.1) is 0 Å². The Morgan fingerprint density at radius 2 is 2.44 bits per heavy atom. The Labute approximate surface area is 97.7 Å². The zero-order valence-corrected chi connectivity index (χ0v) is 9.97. The van der Waals surface area contributed by atoms with E-state index in [1.54, 1.807) is 0 Å². The second-order valence-corrected chi connectivity index (χ2v) is 4.72. The highest BCUT2D eigenvalue weighted by molar-refractivity contribution is 5.08. The molecule has 1 aliphatic heterocycles. The third-order valence-electron chi connectivity index (χ3n) is 3.53. The van der Waals surface area contributed by atoms with E-state index in [1.807, 2.05) is 18.5 Å². The summed E-state index contributed by atoms with van der Waals surface area (Å²) in [6, 6.07) is 4.54. The van der Waals surface area contributed by atoms with E-state index in [1.165, 1.54) is 12.0 Å². The van der Waals surface area contributed by atoms with Gasteiger partial charge in [0.2, 0.25) is 0 Å². The summed E-state index contributed by atoms with van der Waals surface area (Å²) in [5.41, 5.74) is 7.41. The van der Waals surface area contributed by atoms with Gasteiger partial charge in [-0.2, -0.15) is 0 Å². The molecular formula is C13H21N3. The molecule has 1 aliphatic rings. The highest BCUT2D eigenvalue weighted by atomic mass is 15.1. The van der Waals surface area contributed by atoms with Crippen LogP contribution in [-0.2, 0) is 6.54 Å². The number of hydrogen-bond acceptors (Lipinski definition) is 3. The summed E-state index contributed by atoms with van der Waals surface area (Å²) < 4.78 is 0. The summed E-state index contributed by atoms with van der Waals surface area (Å²) >= 11 is 0. The Bertz CT molecular complexity index is 312. The van der Waals surface area contributed by atoms with Gasteiger partial charge in [0, 0.05) is 31.5 Å². The van der Waals surface area contributed by atoms with Crippen molar-refractivity contribution in [2.45, 2.75) is 32.4 Å². The predicted octanol–water partition coefficient (Wildman–Crippen LogP) is 1.64. The van der Waals surface area contributed by atoms with Crippen LogP contribution in [0, 0.1) is 5.92 Å². The molecule has 3 nitrogen and oxygen atoms in total. The van der Waals surface area contributed by atoms with E-state index in [2.05, 4.69) is 22.9 Å². The molecule has 1 aromatic heterocycles. The Morgan fingerprint density at radius 1 is 1.56 bits per heavy atom. The number of hydrogen-bond donors (Lipinski definition) is 1. The second-order valence-electron chi connectivity index (χ2n) is 4.72. The molecule has 2 N–H and O–H groups in total. The van der Waals surface area contributed by atoms with E-state index in [0.717, 1.165) is 26.1 Å². The Kier molecular flexibility index (Phi) is 3.91. The van der Waals surface area contributed by atoms with E-state index < -0.39 is 0 Å². The van der Waals surface area contributed by atoms with Crippen molar-refractivity contribution in [2.24, 2.45) is 11.7 Å². The summed E-state index contributed by atoms with van der Waals surface area (Å²) in [5.74, 6) is 0.658. The lowest BCUT2D eigenvalue weighted by Crippen LogP contribution is -2.46. The zero-order chi connectivity index (χ0) is 11.4. The lowest BCUT2D eigenvalue weighted by Gasteiger charge is -2.36. The molecule has 1 saturated heterocycles. The molecule has 2 unspecified atom stereocenters. The number of aromatic nitrogens is 1. The van der Waals surface area contributed by atoms with Gasteiger partial charge in [0.15, 0.2) is 0 Å². The molecule has 3 heteroatoms. The number of likely N-dealkylation sites (tertiary alicyclic amines) is 1. The van der Waals surface area contributed by atoms with Crippen molar-refractivity contribution in [3.63, 3.8) is 0 Å².